The molecule has 0 saturated heterocycles. The van der Waals surface area contributed by atoms with E-state index in [0.717, 1.165) is 37.3 Å². The zero-order valence-electron chi connectivity index (χ0n) is 13.0. The number of rotatable bonds is 5. The summed E-state index contributed by atoms with van der Waals surface area (Å²) in [4.78, 5) is 0. The van der Waals surface area contributed by atoms with E-state index < -0.39 is 0 Å². The first-order chi connectivity index (χ1) is 8.93. The highest BCUT2D eigenvalue weighted by Crippen LogP contribution is 2.25. The van der Waals surface area contributed by atoms with E-state index in [4.69, 9.17) is 16.3 Å². The Labute approximate surface area is 118 Å². The molecular weight excluding hydrogens is 238 g/mol. The lowest BCUT2D eigenvalue weighted by atomic mass is 9.98. The van der Waals surface area contributed by atoms with E-state index in [-0.39, 0.29) is 12.1 Å². The molecular formula is C15H31N3O. The minimum Gasteiger partial charge on any atom is -0.398 e. The fourth-order valence-corrected chi connectivity index (χ4v) is 2.36. The number of ether oxygens (including phenoxy) is 1. The van der Waals surface area contributed by atoms with E-state index in [2.05, 4.69) is 27.7 Å². The monoisotopic (exact) mass is 269 g/mol. The summed E-state index contributed by atoms with van der Waals surface area (Å²) in [6, 6.07) is 0.263. The number of hydrogen-bond donors (Lipinski definition) is 2. The Morgan fingerprint density at radius 2 is 1.89 bits per heavy atom. The molecule has 19 heavy (non-hydrogen) atoms. The molecule has 0 aromatic carbocycles. The highest BCUT2D eigenvalue weighted by molar-refractivity contribution is 5.15. The molecule has 1 rings (SSSR count). The maximum absolute atomic E-state index is 6.35. The van der Waals surface area contributed by atoms with Crippen molar-refractivity contribution in [3.05, 3.63) is 11.4 Å². The first-order valence-corrected chi connectivity index (χ1v) is 7.57. The lowest BCUT2D eigenvalue weighted by molar-refractivity contribution is 0.0464. The maximum atomic E-state index is 6.35. The van der Waals surface area contributed by atoms with E-state index >= 15 is 0 Å². The highest BCUT2D eigenvalue weighted by atomic mass is 16.5. The Bertz CT molecular complexity index is 300. The van der Waals surface area contributed by atoms with Gasteiger partial charge in [-0.15, -0.1) is 0 Å². The topological polar surface area (TPSA) is 64.5 Å². The molecule has 0 aromatic rings. The molecule has 4 N–H and O–H groups in total. The average molecular weight is 269 g/mol. The van der Waals surface area contributed by atoms with Gasteiger partial charge in [-0.05, 0) is 39.0 Å². The van der Waals surface area contributed by atoms with Gasteiger partial charge in [0.1, 0.15) is 0 Å². The van der Waals surface area contributed by atoms with Crippen LogP contribution in [0.2, 0.25) is 0 Å². The van der Waals surface area contributed by atoms with E-state index in [1.54, 1.807) is 0 Å². The van der Waals surface area contributed by atoms with Crippen molar-refractivity contribution >= 4 is 0 Å². The van der Waals surface area contributed by atoms with Crippen molar-refractivity contribution in [3.63, 3.8) is 0 Å². The van der Waals surface area contributed by atoms with Crippen LogP contribution in [0.5, 0.6) is 0 Å². The second kappa shape index (κ2) is 7.75. The maximum Gasteiger partial charge on any atom is 0.0985 e. The Balaban J connectivity index is 2.86. The summed E-state index contributed by atoms with van der Waals surface area (Å²) in [7, 11) is 0. The van der Waals surface area contributed by atoms with Crippen LogP contribution in [0.4, 0.5) is 0 Å². The van der Waals surface area contributed by atoms with Crippen LogP contribution in [0, 0.1) is 5.92 Å². The molecule has 1 aliphatic rings. The first kappa shape index (κ1) is 16.3. The van der Waals surface area contributed by atoms with E-state index in [1.807, 2.05) is 5.01 Å². The molecule has 4 heteroatoms. The predicted molar refractivity (Wildman–Crippen MR) is 80.0 cm³/mol. The van der Waals surface area contributed by atoms with Crippen LogP contribution in [0.3, 0.4) is 0 Å². The summed E-state index contributed by atoms with van der Waals surface area (Å²) < 4.78 is 5.99. The summed E-state index contributed by atoms with van der Waals surface area (Å²) in [5, 5.41) is 1.81. The molecule has 1 unspecified atom stereocenters. The molecule has 112 valence electrons. The van der Waals surface area contributed by atoms with Crippen molar-refractivity contribution in [2.24, 2.45) is 17.5 Å². The summed E-state index contributed by atoms with van der Waals surface area (Å²) in [6.07, 6.45) is 5.57. The van der Waals surface area contributed by atoms with Gasteiger partial charge < -0.3 is 15.5 Å². The van der Waals surface area contributed by atoms with Crippen LogP contribution in [-0.4, -0.2) is 23.8 Å². The summed E-state index contributed by atoms with van der Waals surface area (Å²) >= 11 is 0. The van der Waals surface area contributed by atoms with Gasteiger partial charge in [-0.3, -0.25) is 0 Å². The van der Waals surface area contributed by atoms with Gasteiger partial charge in [0, 0.05) is 12.6 Å². The molecule has 1 aliphatic carbocycles. The molecule has 0 aromatic heterocycles. The van der Waals surface area contributed by atoms with Crippen molar-refractivity contribution in [2.45, 2.75) is 71.9 Å². The standard InChI is InChI=1S/C15H31N3O/c1-11(2)10-19-14-9-7-5-6-8-13(15(14)16)18(17)12(3)4/h11-12,14H,5-10,16-17H2,1-4H3/b15-13-. The van der Waals surface area contributed by atoms with Crippen LogP contribution < -0.4 is 11.6 Å². The van der Waals surface area contributed by atoms with Crippen LogP contribution in [-0.2, 0) is 4.74 Å². The zero-order chi connectivity index (χ0) is 14.4. The molecule has 0 bridgehead atoms. The minimum absolute atomic E-state index is 0.0301. The first-order valence-electron chi connectivity index (χ1n) is 7.57. The highest BCUT2D eigenvalue weighted by Gasteiger charge is 2.22. The molecule has 0 aliphatic heterocycles. The zero-order valence-corrected chi connectivity index (χ0v) is 13.0. The van der Waals surface area contributed by atoms with Crippen LogP contribution in [0.25, 0.3) is 0 Å². The Morgan fingerprint density at radius 1 is 1.21 bits per heavy atom. The summed E-state index contributed by atoms with van der Waals surface area (Å²) in [5.41, 5.74) is 8.27. The van der Waals surface area contributed by atoms with Crippen molar-refractivity contribution in [3.8, 4) is 0 Å². The Kier molecular flexibility index (Phi) is 6.66. The van der Waals surface area contributed by atoms with Crippen molar-refractivity contribution < 1.29 is 4.74 Å². The van der Waals surface area contributed by atoms with Gasteiger partial charge in [-0.2, -0.15) is 0 Å². The number of nitrogens with zero attached hydrogens (tertiary/aromatic N) is 1. The van der Waals surface area contributed by atoms with E-state index in [1.165, 1.54) is 12.8 Å². The van der Waals surface area contributed by atoms with Crippen molar-refractivity contribution in [2.75, 3.05) is 6.61 Å². The third-order valence-corrected chi connectivity index (χ3v) is 3.56. The smallest absolute Gasteiger partial charge is 0.0985 e. The molecule has 0 heterocycles. The quantitative estimate of drug-likeness (QED) is 0.595. The van der Waals surface area contributed by atoms with Gasteiger partial charge >= 0.3 is 0 Å². The molecule has 0 spiro atoms. The third-order valence-electron chi connectivity index (χ3n) is 3.56. The van der Waals surface area contributed by atoms with Gasteiger partial charge in [0.25, 0.3) is 0 Å². The van der Waals surface area contributed by atoms with Gasteiger partial charge in [0.15, 0.2) is 0 Å². The fraction of sp³-hybridized carbons (Fsp3) is 0.867. The molecule has 0 saturated carbocycles. The second-order valence-corrected chi connectivity index (χ2v) is 6.22. The molecule has 0 radical (unpaired) electrons. The van der Waals surface area contributed by atoms with Crippen LogP contribution in [0.1, 0.15) is 59.8 Å². The lowest BCUT2D eigenvalue weighted by Crippen LogP contribution is -2.40. The van der Waals surface area contributed by atoms with Gasteiger partial charge in [-0.25, -0.2) is 5.84 Å². The minimum atomic E-state index is 0.0301. The Morgan fingerprint density at radius 3 is 2.47 bits per heavy atom. The number of allylic oxidation sites excluding steroid dienone is 1. The summed E-state index contributed by atoms with van der Waals surface area (Å²) in [6.45, 7) is 9.25. The van der Waals surface area contributed by atoms with Crippen molar-refractivity contribution in [1.82, 2.24) is 5.01 Å². The second-order valence-electron chi connectivity index (χ2n) is 6.22. The molecule has 1 atom stereocenters. The fourth-order valence-electron chi connectivity index (χ4n) is 2.36. The largest absolute Gasteiger partial charge is 0.398 e. The number of hydrogen-bond acceptors (Lipinski definition) is 4. The van der Waals surface area contributed by atoms with Gasteiger partial charge in [0.2, 0.25) is 0 Å². The third kappa shape index (κ3) is 5.03. The van der Waals surface area contributed by atoms with Crippen LogP contribution >= 0.6 is 0 Å². The van der Waals surface area contributed by atoms with Gasteiger partial charge in [-0.1, -0.05) is 26.7 Å². The van der Waals surface area contributed by atoms with E-state index in [9.17, 15) is 0 Å². The lowest BCUT2D eigenvalue weighted by Gasteiger charge is -2.32. The Hall–Kier alpha value is -0.740. The molecule has 0 amide bonds. The number of nitrogens with two attached hydrogens (primary N) is 2. The van der Waals surface area contributed by atoms with Crippen LogP contribution in [0.15, 0.2) is 11.4 Å². The normalized spacial score (nSPS) is 25.5. The SMILES string of the molecule is CC(C)COC1CCCCC/C(N(N)C(C)C)=C\1N. The molecule has 0 fully saturated rings. The molecule has 4 nitrogen and oxygen atoms in total. The number of hydrazine groups is 1. The van der Waals surface area contributed by atoms with Gasteiger partial charge in [0.05, 0.1) is 17.5 Å². The average Bonchev–Trinajstić information content (AvgIpc) is 2.32. The summed E-state index contributed by atoms with van der Waals surface area (Å²) in [5.74, 6) is 6.69. The van der Waals surface area contributed by atoms with Crippen molar-refractivity contribution in [1.29, 1.82) is 0 Å². The predicted octanol–water partition coefficient (Wildman–Crippen LogP) is 2.75. The van der Waals surface area contributed by atoms with E-state index in [0.29, 0.717) is 5.92 Å².